The van der Waals surface area contributed by atoms with Gasteiger partial charge in [0.15, 0.2) is 12.6 Å². The highest BCUT2D eigenvalue weighted by molar-refractivity contribution is 4.91. The lowest BCUT2D eigenvalue weighted by atomic mass is 9.87. The van der Waals surface area contributed by atoms with E-state index in [1.807, 2.05) is 13.8 Å². The summed E-state index contributed by atoms with van der Waals surface area (Å²) < 4.78 is 27.9. The molecular formula is C20H36O12. The normalized spacial score (nSPS) is 50.3. The predicted octanol–water partition coefficient (Wildman–Crippen LogP) is -3.31. The van der Waals surface area contributed by atoms with Crippen LogP contribution in [0.15, 0.2) is 0 Å². The summed E-state index contributed by atoms with van der Waals surface area (Å²) in [6.45, 7) is 2.76. The van der Waals surface area contributed by atoms with Gasteiger partial charge in [-0.25, -0.2) is 0 Å². The molecule has 0 radical (unpaired) electrons. The number of aliphatic hydroxyl groups is 7. The molecule has 12 heteroatoms. The summed E-state index contributed by atoms with van der Waals surface area (Å²) in [5, 5.41) is 69.6. The Kier molecular flexibility index (Phi) is 9.23. The van der Waals surface area contributed by atoms with E-state index in [2.05, 4.69) is 0 Å². The molecule has 0 aromatic rings. The zero-order valence-corrected chi connectivity index (χ0v) is 18.2. The standard InChI is InChI=1S/C20H36O12/c1-8-3-10(4-21)30-19(9(8)2)32-18-11(23)6-28-13(15(18)25)7-29-20-17(27)16(26)14(24)12(5-22)31-20/h8-27H,3-7H2,1-2H3/t8-,9-,10-,11+,12+,13+,14+,15+,16-,17-,18+,19+,20-/m0/s1. The van der Waals surface area contributed by atoms with E-state index in [4.69, 9.17) is 23.7 Å². The minimum Gasteiger partial charge on any atom is -0.394 e. The van der Waals surface area contributed by atoms with Crippen LogP contribution in [0.25, 0.3) is 0 Å². The Morgan fingerprint density at radius 3 is 2.19 bits per heavy atom. The van der Waals surface area contributed by atoms with E-state index >= 15 is 0 Å². The third kappa shape index (κ3) is 5.59. The van der Waals surface area contributed by atoms with Gasteiger partial charge in [0.25, 0.3) is 0 Å². The largest absolute Gasteiger partial charge is 0.394 e. The van der Waals surface area contributed by atoms with Crippen molar-refractivity contribution in [2.45, 2.75) is 87.8 Å². The Bertz CT molecular complexity index is 579. The summed E-state index contributed by atoms with van der Waals surface area (Å²) >= 11 is 0. The van der Waals surface area contributed by atoms with Gasteiger partial charge >= 0.3 is 0 Å². The minimum atomic E-state index is -1.59. The van der Waals surface area contributed by atoms with Crippen molar-refractivity contribution in [2.75, 3.05) is 26.4 Å². The van der Waals surface area contributed by atoms with Crippen molar-refractivity contribution in [2.24, 2.45) is 11.8 Å². The highest BCUT2D eigenvalue weighted by Crippen LogP contribution is 2.33. The zero-order valence-electron chi connectivity index (χ0n) is 18.2. The smallest absolute Gasteiger partial charge is 0.186 e. The number of aliphatic hydroxyl groups excluding tert-OH is 7. The SMILES string of the molecule is C[C@@H]1[C@@H](O[C@H]2[C@H](O)[C@@H](CO[C@H]3O[C@H](CO)[C@@H](O)[C@H](O)[C@@H]3O)OC[C@H]2O)O[C@H](CO)C[C@@H]1C. The lowest BCUT2D eigenvalue weighted by Crippen LogP contribution is -2.61. The lowest BCUT2D eigenvalue weighted by Gasteiger charge is -2.44. The van der Waals surface area contributed by atoms with Crippen molar-refractivity contribution in [3.8, 4) is 0 Å². The summed E-state index contributed by atoms with van der Waals surface area (Å²) in [4.78, 5) is 0. The second kappa shape index (κ2) is 11.3. The minimum absolute atomic E-state index is 0.0381. The van der Waals surface area contributed by atoms with Crippen LogP contribution in [0, 0.1) is 11.8 Å². The quantitative estimate of drug-likeness (QED) is 0.197. The van der Waals surface area contributed by atoms with Crippen molar-refractivity contribution in [3.63, 3.8) is 0 Å². The molecule has 7 N–H and O–H groups in total. The van der Waals surface area contributed by atoms with Gasteiger partial charge in [0.1, 0.15) is 48.8 Å². The third-order valence-electron chi connectivity index (χ3n) is 6.63. The number of ether oxygens (including phenoxy) is 5. The molecule has 0 aliphatic carbocycles. The maximum atomic E-state index is 10.8. The fourth-order valence-electron chi connectivity index (χ4n) is 4.26. The maximum absolute atomic E-state index is 10.8. The molecule has 0 saturated carbocycles. The summed E-state index contributed by atoms with van der Waals surface area (Å²) in [5.41, 5.74) is 0. The molecule has 13 atom stereocenters. The Morgan fingerprint density at radius 2 is 1.53 bits per heavy atom. The average Bonchev–Trinajstić information content (AvgIpc) is 2.78. The monoisotopic (exact) mass is 468 g/mol. The molecule has 3 rings (SSSR count). The Labute approximate surface area is 186 Å². The first-order chi connectivity index (χ1) is 15.2. The average molecular weight is 468 g/mol. The Balaban J connectivity index is 1.59. The first-order valence-electron chi connectivity index (χ1n) is 11.0. The molecule has 0 spiro atoms. The van der Waals surface area contributed by atoms with Crippen molar-refractivity contribution in [3.05, 3.63) is 0 Å². The van der Waals surface area contributed by atoms with Crippen LogP contribution in [-0.4, -0.2) is 130 Å². The fraction of sp³-hybridized carbons (Fsp3) is 1.00. The van der Waals surface area contributed by atoms with Crippen molar-refractivity contribution < 1.29 is 59.4 Å². The van der Waals surface area contributed by atoms with Gasteiger partial charge < -0.3 is 59.4 Å². The van der Waals surface area contributed by atoms with Crippen molar-refractivity contribution >= 4 is 0 Å². The van der Waals surface area contributed by atoms with Crippen LogP contribution in [0.5, 0.6) is 0 Å². The second-order valence-electron chi connectivity index (χ2n) is 8.94. The third-order valence-corrected chi connectivity index (χ3v) is 6.63. The summed E-state index contributed by atoms with van der Waals surface area (Å²) in [7, 11) is 0. The van der Waals surface area contributed by atoms with E-state index in [-0.39, 0.29) is 31.7 Å². The van der Waals surface area contributed by atoms with Crippen LogP contribution >= 0.6 is 0 Å². The van der Waals surface area contributed by atoms with E-state index in [1.165, 1.54) is 0 Å². The van der Waals surface area contributed by atoms with Crippen LogP contribution in [-0.2, 0) is 23.7 Å². The number of hydrogen-bond acceptors (Lipinski definition) is 12. The second-order valence-corrected chi connectivity index (χ2v) is 8.94. The van der Waals surface area contributed by atoms with Gasteiger partial charge in [0, 0.05) is 5.92 Å². The molecule has 0 bridgehead atoms. The molecule has 12 nitrogen and oxygen atoms in total. The van der Waals surface area contributed by atoms with Gasteiger partial charge in [0.2, 0.25) is 0 Å². The summed E-state index contributed by atoms with van der Waals surface area (Å²) in [6, 6.07) is 0. The van der Waals surface area contributed by atoms with Crippen LogP contribution in [0.4, 0.5) is 0 Å². The number of rotatable bonds is 7. The van der Waals surface area contributed by atoms with Gasteiger partial charge in [-0.2, -0.15) is 0 Å². The van der Waals surface area contributed by atoms with Crippen molar-refractivity contribution in [1.82, 2.24) is 0 Å². The molecule has 0 aromatic heterocycles. The predicted molar refractivity (Wildman–Crippen MR) is 105 cm³/mol. The van der Waals surface area contributed by atoms with Crippen LogP contribution in [0.3, 0.4) is 0 Å². The highest BCUT2D eigenvalue weighted by Gasteiger charge is 2.47. The van der Waals surface area contributed by atoms with E-state index < -0.39 is 74.1 Å². The molecule has 188 valence electrons. The molecule has 3 heterocycles. The van der Waals surface area contributed by atoms with Gasteiger partial charge in [-0.1, -0.05) is 13.8 Å². The van der Waals surface area contributed by atoms with Gasteiger partial charge in [-0.3, -0.25) is 0 Å². The van der Waals surface area contributed by atoms with E-state index in [0.29, 0.717) is 6.42 Å². The molecule has 0 aromatic carbocycles. The van der Waals surface area contributed by atoms with Gasteiger partial charge in [-0.15, -0.1) is 0 Å². The maximum Gasteiger partial charge on any atom is 0.186 e. The molecular weight excluding hydrogens is 432 g/mol. The van der Waals surface area contributed by atoms with Crippen LogP contribution in [0.1, 0.15) is 20.3 Å². The molecule has 0 unspecified atom stereocenters. The van der Waals surface area contributed by atoms with Crippen LogP contribution < -0.4 is 0 Å². The fourth-order valence-corrected chi connectivity index (χ4v) is 4.26. The van der Waals surface area contributed by atoms with E-state index in [1.54, 1.807) is 0 Å². The van der Waals surface area contributed by atoms with Crippen LogP contribution in [0.2, 0.25) is 0 Å². The topological polar surface area (TPSA) is 188 Å². The summed E-state index contributed by atoms with van der Waals surface area (Å²) in [5.74, 6) is 0.161. The molecule has 3 aliphatic heterocycles. The summed E-state index contributed by atoms with van der Waals surface area (Å²) in [6.07, 6.45) is -12.1. The molecule has 3 saturated heterocycles. The molecule has 3 aliphatic rings. The van der Waals surface area contributed by atoms with Gasteiger partial charge in [0.05, 0.1) is 32.5 Å². The Hall–Kier alpha value is -0.480. The first-order valence-corrected chi connectivity index (χ1v) is 11.0. The molecule has 3 fully saturated rings. The van der Waals surface area contributed by atoms with Crippen molar-refractivity contribution in [1.29, 1.82) is 0 Å². The Morgan fingerprint density at radius 1 is 0.812 bits per heavy atom. The zero-order chi connectivity index (χ0) is 23.6. The van der Waals surface area contributed by atoms with E-state index in [0.717, 1.165) is 0 Å². The van der Waals surface area contributed by atoms with Gasteiger partial charge in [-0.05, 0) is 12.3 Å². The first kappa shape index (κ1) is 26.1. The molecule has 0 amide bonds. The molecule has 32 heavy (non-hydrogen) atoms. The lowest BCUT2D eigenvalue weighted by molar-refractivity contribution is -0.321. The highest BCUT2D eigenvalue weighted by atomic mass is 16.7. The van der Waals surface area contributed by atoms with E-state index in [9.17, 15) is 35.7 Å². The number of hydrogen-bond donors (Lipinski definition) is 7.